The first kappa shape index (κ1) is 23.2. The minimum absolute atomic E-state index is 0.178. The van der Waals surface area contributed by atoms with E-state index in [1.165, 1.54) is 19.1 Å². The number of phenolic OH excluding ortho intramolecular Hbond substituents is 2. The number of likely N-dealkylation sites (N-methyl/N-ethyl adjacent to an activating group) is 1. The summed E-state index contributed by atoms with van der Waals surface area (Å²) in [6, 6.07) is 4.61. The molecule has 0 aliphatic rings. The molecule has 0 saturated heterocycles. The lowest BCUT2D eigenvalue weighted by Gasteiger charge is -2.23. The van der Waals surface area contributed by atoms with Gasteiger partial charge in [-0.25, -0.2) is 0 Å². The van der Waals surface area contributed by atoms with Gasteiger partial charge in [-0.05, 0) is 17.7 Å². The molecule has 1 rings (SSSR count). The number of aliphatic hydroxyl groups excluding tert-OH is 1. The fraction of sp³-hybridized carbons (Fsp3) is 0.611. The number of carbonyl (C=O) groups is 1. The molecule has 0 aliphatic carbocycles. The third kappa shape index (κ3) is 12.2. The van der Waals surface area contributed by atoms with Gasteiger partial charge in [-0.15, -0.1) is 0 Å². The summed E-state index contributed by atoms with van der Waals surface area (Å²) in [5, 5.41) is 31.2. The van der Waals surface area contributed by atoms with E-state index >= 15 is 0 Å². The lowest BCUT2D eigenvalue weighted by molar-refractivity contribution is -0.870. The van der Waals surface area contributed by atoms with Crippen LogP contribution in [0.4, 0.5) is 0 Å². The highest BCUT2D eigenvalue weighted by atomic mass is 16.5. The smallest absolute Gasteiger partial charge is 0.302 e. The first-order chi connectivity index (χ1) is 11.4. The first-order valence-corrected chi connectivity index (χ1v) is 8.29. The second kappa shape index (κ2) is 10.9. The van der Waals surface area contributed by atoms with Gasteiger partial charge in [0, 0.05) is 19.5 Å². The van der Waals surface area contributed by atoms with E-state index in [2.05, 4.69) is 26.5 Å². The Hall–Kier alpha value is -1.83. The Kier molecular flexibility index (Phi) is 10.1. The van der Waals surface area contributed by atoms with Crippen molar-refractivity contribution in [1.82, 2.24) is 5.32 Å². The average Bonchev–Trinajstić information content (AvgIpc) is 2.46. The molecule has 0 bridgehead atoms. The van der Waals surface area contributed by atoms with Crippen LogP contribution in [0.5, 0.6) is 11.5 Å². The zero-order valence-electron chi connectivity index (χ0n) is 16.1. The van der Waals surface area contributed by atoms with Crippen molar-refractivity contribution in [2.24, 2.45) is 0 Å². The number of hydrogen-bond acceptors (Lipinski definition) is 6. The van der Waals surface area contributed by atoms with Crippen LogP contribution in [0.25, 0.3) is 0 Å². The zero-order chi connectivity index (χ0) is 19.6. The molecule has 1 aromatic carbocycles. The van der Waals surface area contributed by atoms with E-state index in [-0.39, 0.29) is 17.5 Å². The number of ether oxygens (including phenoxy) is 1. The van der Waals surface area contributed by atoms with Crippen LogP contribution in [0, 0.1) is 0 Å². The van der Waals surface area contributed by atoms with Gasteiger partial charge in [-0.1, -0.05) is 19.9 Å². The molecule has 0 fully saturated rings. The molecule has 1 aromatic rings. The molecule has 0 aromatic heterocycles. The number of aliphatic hydroxyl groups is 1. The minimum atomic E-state index is -0.682. The number of carbonyl (C=O) groups excluding carboxylic acids is 1. The van der Waals surface area contributed by atoms with Gasteiger partial charge in [0.1, 0.15) is 13.2 Å². The summed E-state index contributed by atoms with van der Waals surface area (Å²) in [7, 11) is 6.18. The molecule has 7 nitrogen and oxygen atoms in total. The van der Waals surface area contributed by atoms with Crippen LogP contribution in [0.3, 0.4) is 0 Å². The van der Waals surface area contributed by atoms with Gasteiger partial charge in [0.05, 0.1) is 27.2 Å². The van der Waals surface area contributed by atoms with Gasteiger partial charge in [-0.2, -0.15) is 0 Å². The van der Waals surface area contributed by atoms with Crippen molar-refractivity contribution in [1.29, 1.82) is 0 Å². The lowest BCUT2D eigenvalue weighted by atomic mass is 10.1. The quantitative estimate of drug-likeness (QED) is 0.334. The standard InChI is InChI=1S/C11H17NO3.C7H16NO2/c1-7(2)12-6-11(15)8-3-4-9(13)10(14)5-8;1-7(9)10-6-5-8(2,3)4/h3-5,7,11-15H,6H2,1-2H3;5-6H2,1-4H3/q;+1. The molecule has 4 N–H and O–H groups in total. The maximum Gasteiger partial charge on any atom is 0.302 e. The predicted molar refractivity (Wildman–Crippen MR) is 97.4 cm³/mol. The first-order valence-electron chi connectivity index (χ1n) is 8.29. The highest BCUT2D eigenvalue weighted by Crippen LogP contribution is 2.27. The van der Waals surface area contributed by atoms with E-state index < -0.39 is 6.10 Å². The normalized spacial score (nSPS) is 12.3. The SMILES string of the molecule is CC(=O)OCC[N+](C)(C)C.CC(C)NCC(O)c1ccc(O)c(O)c1. The Morgan fingerprint density at radius 1 is 1.20 bits per heavy atom. The third-order valence-corrected chi connectivity index (χ3v) is 3.17. The summed E-state index contributed by atoms with van der Waals surface area (Å²) in [4.78, 5) is 10.3. The summed E-state index contributed by atoms with van der Waals surface area (Å²) in [5.41, 5.74) is 0.582. The van der Waals surface area contributed by atoms with E-state index in [0.29, 0.717) is 24.8 Å². The minimum Gasteiger partial charge on any atom is -0.504 e. The fourth-order valence-corrected chi connectivity index (χ4v) is 1.68. The fourth-order valence-electron chi connectivity index (χ4n) is 1.68. The Morgan fingerprint density at radius 3 is 2.24 bits per heavy atom. The third-order valence-electron chi connectivity index (χ3n) is 3.17. The molecule has 0 heterocycles. The molecular weight excluding hydrogens is 324 g/mol. The maximum absolute atomic E-state index is 10.3. The van der Waals surface area contributed by atoms with Gasteiger partial charge in [0.15, 0.2) is 11.5 Å². The molecule has 0 spiro atoms. The van der Waals surface area contributed by atoms with Crippen LogP contribution in [0.2, 0.25) is 0 Å². The highest BCUT2D eigenvalue weighted by molar-refractivity contribution is 5.65. The van der Waals surface area contributed by atoms with Crippen molar-refractivity contribution in [3.63, 3.8) is 0 Å². The number of nitrogens with zero attached hydrogens (tertiary/aromatic N) is 1. The number of esters is 1. The lowest BCUT2D eigenvalue weighted by Crippen LogP contribution is -2.37. The summed E-state index contributed by atoms with van der Waals surface area (Å²) < 4.78 is 5.59. The molecule has 1 atom stereocenters. The maximum atomic E-state index is 10.3. The Balaban J connectivity index is 0.000000504. The van der Waals surface area contributed by atoms with Crippen LogP contribution in [0.1, 0.15) is 32.4 Å². The Bertz CT molecular complexity index is 527. The molecular formula is C18H33N2O5+. The molecule has 144 valence electrons. The molecule has 25 heavy (non-hydrogen) atoms. The van der Waals surface area contributed by atoms with Gasteiger partial charge >= 0.3 is 5.97 Å². The van der Waals surface area contributed by atoms with Crippen molar-refractivity contribution in [3.8, 4) is 11.5 Å². The van der Waals surface area contributed by atoms with Crippen molar-refractivity contribution >= 4 is 5.97 Å². The van der Waals surface area contributed by atoms with Crippen LogP contribution >= 0.6 is 0 Å². The predicted octanol–water partition coefficient (Wildman–Crippen LogP) is 1.38. The van der Waals surface area contributed by atoms with Crippen LogP contribution in [-0.2, 0) is 9.53 Å². The molecule has 0 amide bonds. The van der Waals surface area contributed by atoms with Gasteiger partial charge in [-0.3, -0.25) is 4.79 Å². The summed E-state index contributed by atoms with van der Waals surface area (Å²) in [5.74, 6) is -0.590. The van der Waals surface area contributed by atoms with Crippen LogP contribution < -0.4 is 5.32 Å². The Labute approximate surface area is 150 Å². The second-order valence-corrected chi connectivity index (χ2v) is 7.18. The van der Waals surface area contributed by atoms with Crippen molar-refractivity contribution in [3.05, 3.63) is 23.8 Å². The number of quaternary nitrogens is 1. The van der Waals surface area contributed by atoms with E-state index in [1.807, 2.05) is 13.8 Å². The number of phenols is 2. The Morgan fingerprint density at radius 2 is 1.80 bits per heavy atom. The molecule has 0 aliphatic heterocycles. The van der Waals surface area contributed by atoms with Gasteiger partial charge < -0.3 is 29.9 Å². The van der Waals surface area contributed by atoms with Gasteiger partial charge in [0.2, 0.25) is 0 Å². The number of aromatic hydroxyl groups is 2. The van der Waals surface area contributed by atoms with E-state index in [0.717, 1.165) is 11.0 Å². The molecule has 1 unspecified atom stereocenters. The van der Waals surface area contributed by atoms with E-state index in [4.69, 9.17) is 9.84 Å². The van der Waals surface area contributed by atoms with E-state index in [9.17, 15) is 15.0 Å². The summed E-state index contributed by atoms with van der Waals surface area (Å²) in [6.07, 6.45) is -0.682. The largest absolute Gasteiger partial charge is 0.504 e. The second-order valence-electron chi connectivity index (χ2n) is 7.18. The van der Waals surface area contributed by atoms with Crippen molar-refractivity contribution < 1.29 is 29.3 Å². The topological polar surface area (TPSA) is 99.0 Å². The zero-order valence-corrected chi connectivity index (χ0v) is 16.1. The number of hydrogen-bond donors (Lipinski definition) is 4. The van der Waals surface area contributed by atoms with Crippen molar-refractivity contribution in [2.45, 2.75) is 32.9 Å². The van der Waals surface area contributed by atoms with Crippen LogP contribution in [-0.4, -0.2) is 72.7 Å². The monoisotopic (exact) mass is 357 g/mol. The van der Waals surface area contributed by atoms with Gasteiger partial charge in [0.25, 0.3) is 0 Å². The number of rotatable bonds is 7. The number of nitrogens with one attached hydrogen (secondary N) is 1. The molecule has 0 radical (unpaired) electrons. The average molecular weight is 357 g/mol. The van der Waals surface area contributed by atoms with Crippen LogP contribution in [0.15, 0.2) is 18.2 Å². The molecule has 7 heteroatoms. The highest BCUT2D eigenvalue weighted by Gasteiger charge is 2.10. The summed E-state index contributed by atoms with van der Waals surface area (Å²) >= 11 is 0. The molecule has 0 saturated carbocycles. The van der Waals surface area contributed by atoms with E-state index in [1.54, 1.807) is 6.07 Å². The summed E-state index contributed by atoms with van der Waals surface area (Å²) in [6.45, 7) is 7.19. The number of benzene rings is 1. The van der Waals surface area contributed by atoms with Crippen molar-refractivity contribution in [2.75, 3.05) is 40.8 Å².